The van der Waals surface area contributed by atoms with Gasteiger partial charge in [0, 0.05) is 0 Å². The highest BCUT2D eigenvalue weighted by Crippen LogP contribution is 2.19. The summed E-state index contributed by atoms with van der Waals surface area (Å²) >= 11 is 10.2. The van der Waals surface area contributed by atoms with Gasteiger partial charge < -0.3 is 27.5 Å². The Bertz CT molecular complexity index is 2700. The fourth-order valence-corrected chi connectivity index (χ4v) is 5.85. The highest BCUT2D eigenvalue weighted by atomic mass is 32.1. The van der Waals surface area contributed by atoms with Gasteiger partial charge in [-0.05, 0) is 97.2 Å². The van der Waals surface area contributed by atoms with E-state index in [-0.39, 0.29) is 10.0 Å². The molecule has 0 radical (unpaired) electrons. The van der Waals surface area contributed by atoms with Crippen LogP contribution in [0.1, 0.15) is 83.1 Å². The van der Waals surface area contributed by atoms with Crippen LogP contribution < -0.4 is 25.7 Å². The van der Waals surface area contributed by atoms with E-state index in [0.29, 0.717) is 50.5 Å². The second-order valence-corrected chi connectivity index (χ2v) is 12.3. The lowest BCUT2D eigenvalue weighted by molar-refractivity contribution is 0.200. The molecule has 0 aliphatic rings. The van der Waals surface area contributed by atoms with Crippen molar-refractivity contribution in [1.29, 1.82) is 0 Å². The number of thiocarbonyl (C=S) groups is 1. The number of benzene rings is 6. The Hall–Kier alpha value is -7.62. The van der Waals surface area contributed by atoms with E-state index >= 15 is 0 Å². The van der Waals surface area contributed by atoms with Crippen molar-refractivity contribution in [2.75, 3.05) is 0 Å². The van der Waals surface area contributed by atoms with Crippen LogP contribution in [-0.4, -0.2) is 31.1 Å². The fourth-order valence-electron chi connectivity index (χ4n) is 5.32. The maximum Gasteiger partial charge on any atom is 0.429 e. The molecular weight excluding hydrogens is 915 g/mol. The average Bonchev–Trinajstić information content (AvgIpc) is 4.07. The first-order chi connectivity index (χ1) is 33.8. The Morgan fingerprint density at radius 1 is 0.377 bits per heavy atom. The Morgan fingerprint density at radius 2 is 0.652 bits per heavy atom. The third kappa shape index (κ3) is 17.2. The molecule has 0 amide bonds. The molecule has 0 atom stereocenters. The lowest BCUT2D eigenvalue weighted by Crippen LogP contribution is -2.26. The molecule has 0 saturated carbocycles. The smallest absolute Gasteiger partial charge is 0.429 e. The van der Waals surface area contributed by atoms with Crippen LogP contribution in [-0.2, 0) is 0 Å². The van der Waals surface area contributed by atoms with Gasteiger partial charge in [0.05, 0.1) is 11.0 Å². The molecule has 0 unspecified atom stereocenters. The van der Waals surface area contributed by atoms with Gasteiger partial charge in [-0.1, -0.05) is 174 Å². The molecule has 0 aliphatic carbocycles. The lowest BCUT2D eigenvalue weighted by Gasteiger charge is -2.06. The van der Waals surface area contributed by atoms with Gasteiger partial charge in [0.15, 0.2) is 16.7 Å². The SMILES string of the molecule is CC.CC.CC.CC.CC.CC.O=C(Oc1ccccc1)n1c(=O)oc2ccccc21.O=C(Oc1ccccc1)n1c(=S)oc2ccccc21.O=c1oc2ccccc2n1C(=S)Oc1ccccc1. The van der Waals surface area contributed by atoms with E-state index < -0.39 is 23.7 Å². The third-order valence-corrected chi connectivity index (χ3v) is 8.38. The molecule has 366 valence electrons. The molecule has 3 heterocycles. The summed E-state index contributed by atoms with van der Waals surface area (Å²) in [5.41, 5.74) is 2.94. The van der Waals surface area contributed by atoms with E-state index in [0.717, 1.165) is 4.57 Å². The van der Waals surface area contributed by atoms with Crippen LogP contribution in [0.25, 0.3) is 33.3 Å². The van der Waals surface area contributed by atoms with Crippen molar-refractivity contribution in [3.63, 3.8) is 0 Å². The quantitative estimate of drug-likeness (QED) is 0.155. The van der Waals surface area contributed by atoms with E-state index in [1.54, 1.807) is 133 Å². The van der Waals surface area contributed by atoms with E-state index in [2.05, 4.69) is 0 Å². The largest absolute Gasteiger partial charge is 0.431 e. The summed E-state index contributed by atoms with van der Waals surface area (Å²) in [4.78, 5) is 47.7. The van der Waals surface area contributed by atoms with Gasteiger partial charge in [-0.3, -0.25) is 0 Å². The predicted molar refractivity (Wildman–Crippen MR) is 285 cm³/mol. The molecule has 15 heteroatoms. The summed E-state index contributed by atoms with van der Waals surface area (Å²) < 4.78 is 34.6. The summed E-state index contributed by atoms with van der Waals surface area (Å²) in [6.07, 6.45) is -1.37. The first kappa shape index (κ1) is 59.4. The van der Waals surface area contributed by atoms with E-state index in [4.69, 9.17) is 51.9 Å². The first-order valence-corrected chi connectivity index (χ1v) is 23.7. The molecule has 0 bridgehead atoms. The van der Waals surface area contributed by atoms with Crippen LogP contribution in [0.5, 0.6) is 17.2 Å². The molecule has 9 rings (SSSR count). The summed E-state index contributed by atoms with van der Waals surface area (Å²) in [5.74, 6) is 0.0818. The van der Waals surface area contributed by atoms with Gasteiger partial charge >= 0.3 is 23.7 Å². The van der Waals surface area contributed by atoms with Gasteiger partial charge in [-0.25, -0.2) is 28.3 Å². The molecule has 9 aromatic rings. The van der Waals surface area contributed by atoms with Crippen LogP contribution in [0.15, 0.2) is 187 Å². The summed E-state index contributed by atoms with van der Waals surface area (Å²) in [6, 6.07) is 47.2. The molecule has 0 fully saturated rings. The molecule has 3 aromatic heterocycles. The van der Waals surface area contributed by atoms with E-state index in [1.807, 2.05) is 113 Å². The minimum Gasteiger partial charge on any atom is -0.431 e. The second-order valence-electron chi connectivity index (χ2n) is 11.6. The highest BCUT2D eigenvalue weighted by molar-refractivity contribution is 7.80. The fraction of sp³-hybridized carbons (Fsp3) is 0.222. The zero-order chi connectivity index (χ0) is 51.7. The molecule has 0 N–H and O–H groups in total. The number of para-hydroxylation sites is 9. The minimum absolute atomic E-state index is 0.0427. The van der Waals surface area contributed by atoms with E-state index in [9.17, 15) is 19.2 Å². The lowest BCUT2D eigenvalue weighted by atomic mass is 10.3. The molecule has 6 aromatic carbocycles. The number of oxazole rings is 3. The molecular formula is C54H63N3O10S2. The minimum atomic E-state index is -0.791. The number of carbonyl (C=O) groups excluding carboxylic acids is 2. The van der Waals surface area contributed by atoms with Crippen molar-refractivity contribution in [2.24, 2.45) is 0 Å². The number of hydrogen-bond donors (Lipinski definition) is 0. The Morgan fingerprint density at radius 3 is 1.04 bits per heavy atom. The Labute approximate surface area is 414 Å². The molecule has 69 heavy (non-hydrogen) atoms. The van der Waals surface area contributed by atoms with Gasteiger partial charge in [0.25, 0.3) is 10.0 Å². The normalized spacial score (nSPS) is 9.22. The van der Waals surface area contributed by atoms with Gasteiger partial charge in [0.1, 0.15) is 22.8 Å². The van der Waals surface area contributed by atoms with Crippen molar-refractivity contribution in [2.45, 2.75) is 83.1 Å². The highest BCUT2D eigenvalue weighted by Gasteiger charge is 2.18. The topological polar surface area (TPSA) is 150 Å². The summed E-state index contributed by atoms with van der Waals surface area (Å²) in [5, 5.41) is 0.0427. The van der Waals surface area contributed by atoms with Crippen LogP contribution in [0.2, 0.25) is 0 Å². The Kier molecular flexibility index (Phi) is 29.1. The average molecular weight is 978 g/mol. The second kappa shape index (κ2) is 33.8. The maximum absolute atomic E-state index is 12.1. The first-order valence-electron chi connectivity index (χ1n) is 22.9. The summed E-state index contributed by atoms with van der Waals surface area (Å²) in [7, 11) is 0. The van der Waals surface area contributed by atoms with Crippen molar-refractivity contribution in [3.05, 3.63) is 190 Å². The van der Waals surface area contributed by atoms with Gasteiger partial charge in [0.2, 0.25) is 0 Å². The Balaban J connectivity index is 0.000000466. The number of rotatable bonds is 3. The molecule has 0 aliphatic heterocycles. The number of fused-ring (bicyclic) bond motifs is 3. The third-order valence-electron chi connectivity index (χ3n) is 7.85. The van der Waals surface area contributed by atoms with Crippen molar-refractivity contribution >= 4 is 75.1 Å². The van der Waals surface area contributed by atoms with Crippen LogP contribution in [0, 0.1) is 4.84 Å². The van der Waals surface area contributed by atoms with Crippen LogP contribution in [0.3, 0.4) is 0 Å². The molecule has 13 nitrogen and oxygen atoms in total. The molecule has 0 spiro atoms. The standard InChI is InChI=1S/C14H9NO4.2C14H9NO3S.6C2H6/c16-13(18-10-6-2-1-3-7-10)15-11-8-4-5-9-12(11)19-14(15)17;16-13-15(11-8-4-5-9-12(11)18-13)14(19)17-10-6-2-1-3-7-10;16-13(17-10-6-2-1-3-7-10)15-11-8-4-5-9-12(11)18-14(15)19;6*1-2/h3*1-9H;6*1-2H3. The van der Waals surface area contributed by atoms with Crippen LogP contribution in [0.4, 0.5) is 9.59 Å². The van der Waals surface area contributed by atoms with Gasteiger partial charge in [-0.2, -0.15) is 4.57 Å². The van der Waals surface area contributed by atoms with Gasteiger partial charge in [-0.15, -0.1) is 0 Å². The monoisotopic (exact) mass is 977 g/mol. The van der Waals surface area contributed by atoms with Crippen molar-refractivity contribution in [3.8, 4) is 17.2 Å². The number of ether oxygens (including phenoxy) is 3. The van der Waals surface area contributed by atoms with Crippen molar-refractivity contribution in [1.82, 2.24) is 13.7 Å². The zero-order valence-electron chi connectivity index (χ0n) is 41.3. The maximum atomic E-state index is 12.1. The number of aromatic nitrogens is 3. The number of nitrogens with zero attached hydrogens (tertiary/aromatic N) is 3. The number of hydrogen-bond acceptors (Lipinski definition) is 12. The zero-order valence-corrected chi connectivity index (χ0v) is 43.0. The predicted octanol–water partition coefficient (Wildman–Crippen LogP) is 15.6. The number of carbonyl (C=O) groups is 2. The van der Waals surface area contributed by atoms with E-state index in [1.165, 1.54) is 9.13 Å². The molecule has 0 saturated heterocycles. The van der Waals surface area contributed by atoms with Crippen molar-refractivity contribution < 1.29 is 37.1 Å². The summed E-state index contributed by atoms with van der Waals surface area (Å²) in [6.45, 7) is 24.0. The van der Waals surface area contributed by atoms with Crippen LogP contribution >= 0.6 is 24.4 Å².